The molecule has 1 N–H and O–H groups in total. The molecule has 0 saturated heterocycles. The minimum atomic E-state index is 0.726. The van der Waals surface area contributed by atoms with Gasteiger partial charge in [0, 0.05) is 19.5 Å². The molecule has 1 aromatic rings. The number of aromatic nitrogens is 1. The van der Waals surface area contributed by atoms with E-state index in [1.807, 2.05) is 6.92 Å². The number of nitrogens with zero attached hydrogens (tertiary/aromatic N) is 1. The second kappa shape index (κ2) is 4.21. The zero-order valence-electron chi connectivity index (χ0n) is 9.91. The molecule has 3 nitrogen and oxygen atoms in total. The van der Waals surface area contributed by atoms with Crippen molar-refractivity contribution in [3.8, 4) is 0 Å². The van der Waals surface area contributed by atoms with Crippen LogP contribution in [0.25, 0.3) is 0 Å². The predicted molar refractivity (Wildman–Crippen MR) is 61.9 cm³/mol. The van der Waals surface area contributed by atoms with Gasteiger partial charge in [-0.15, -0.1) is 0 Å². The van der Waals surface area contributed by atoms with Gasteiger partial charge < -0.3 is 9.73 Å². The lowest BCUT2D eigenvalue weighted by atomic mass is 9.98. The van der Waals surface area contributed by atoms with E-state index in [9.17, 15) is 0 Å². The normalized spacial score (nSPS) is 29.8. The van der Waals surface area contributed by atoms with E-state index in [1.54, 1.807) is 6.26 Å². The molecule has 2 aliphatic carbocycles. The van der Waals surface area contributed by atoms with Gasteiger partial charge in [0.25, 0.3) is 0 Å². The number of rotatable bonds is 4. The minimum Gasteiger partial charge on any atom is -0.449 e. The highest BCUT2D eigenvalue weighted by Gasteiger charge is 2.38. The van der Waals surface area contributed by atoms with E-state index < -0.39 is 0 Å². The largest absolute Gasteiger partial charge is 0.449 e. The number of nitrogens with one attached hydrogen (secondary N) is 1. The zero-order valence-corrected chi connectivity index (χ0v) is 9.91. The first-order chi connectivity index (χ1) is 7.83. The standard InChI is InChI=1S/C13H20N2O/c1-9-15-11(8-16-9)7-14-13-4-2-3-12(13)10-5-6-10/h8,10,12-14H,2-7H2,1H3/t12-,13-/m1/s1. The molecule has 0 spiro atoms. The Hall–Kier alpha value is -0.830. The lowest BCUT2D eigenvalue weighted by Gasteiger charge is -2.19. The summed E-state index contributed by atoms with van der Waals surface area (Å²) in [6.07, 6.45) is 8.87. The molecule has 2 aliphatic rings. The summed E-state index contributed by atoms with van der Waals surface area (Å²) in [5.74, 6) is 2.73. The number of oxazole rings is 1. The fourth-order valence-electron chi connectivity index (χ4n) is 3.06. The van der Waals surface area contributed by atoms with E-state index in [0.29, 0.717) is 0 Å². The monoisotopic (exact) mass is 220 g/mol. The van der Waals surface area contributed by atoms with Crippen LogP contribution in [-0.4, -0.2) is 11.0 Å². The summed E-state index contributed by atoms with van der Waals surface area (Å²) in [7, 11) is 0. The third-order valence-electron chi connectivity index (χ3n) is 4.01. The minimum absolute atomic E-state index is 0.726. The van der Waals surface area contributed by atoms with Crippen molar-refractivity contribution in [3.63, 3.8) is 0 Å². The van der Waals surface area contributed by atoms with Crippen LogP contribution in [0.5, 0.6) is 0 Å². The van der Waals surface area contributed by atoms with Crippen LogP contribution in [0.15, 0.2) is 10.7 Å². The quantitative estimate of drug-likeness (QED) is 0.847. The van der Waals surface area contributed by atoms with Gasteiger partial charge in [-0.05, 0) is 37.5 Å². The van der Waals surface area contributed by atoms with Crippen LogP contribution in [0, 0.1) is 18.8 Å². The van der Waals surface area contributed by atoms with Gasteiger partial charge in [-0.1, -0.05) is 6.42 Å². The van der Waals surface area contributed by atoms with Gasteiger partial charge in [-0.25, -0.2) is 4.98 Å². The summed E-state index contributed by atoms with van der Waals surface area (Å²) in [5.41, 5.74) is 1.04. The summed E-state index contributed by atoms with van der Waals surface area (Å²) in [4.78, 5) is 4.33. The fourth-order valence-corrected chi connectivity index (χ4v) is 3.06. The summed E-state index contributed by atoms with van der Waals surface area (Å²) in [6, 6.07) is 0.726. The van der Waals surface area contributed by atoms with Gasteiger partial charge in [-0.3, -0.25) is 0 Å². The average Bonchev–Trinajstić information content (AvgIpc) is 2.86. The maximum absolute atomic E-state index is 5.22. The molecule has 3 rings (SSSR count). The van der Waals surface area contributed by atoms with Crippen molar-refractivity contribution >= 4 is 0 Å². The van der Waals surface area contributed by atoms with Crippen LogP contribution < -0.4 is 5.32 Å². The Kier molecular flexibility index (Phi) is 2.72. The Morgan fingerprint density at radius 1 is 1.38 bits per heavy atom. The third-order valence-corrected chi connectivity index (χ3v) is 4.01. The summed E-state index contributed by atoms with van der Waals surface area (Å²) in [5, 5.41) is 3.66. The van der Waals surface area contributed by atoms with Gasteiger partial charge in [0.1, 0.15) is 6.26 Å². The molecule has 0 aromatic carbocycles. The molecule has 88 valence electrons. The first-order valence-electron chi connectivity index (χ1n) is 6.47. The number of aryl methyl sites for hydroxylation is 1. The topological polar surface area (TPSA) is 38.1 Å². The second-order valence-corrected chi connectivity index (χ2v) is 5.28. The Morgan fingerprint density at radius 2 is 2.25 bits per heavy atom. The van der Waals surface area contributed by atoms with Gasteiger partial charge in [0.05, 0.1) is 5.69 Å². The Balaban J connectivity index is 1.54. The third kappa shape index (κ3) is 2.14. The molecule has 0 unspecified atom stereocenters. The molecular weight excluding hydrogens is 200 g/mol. The molecule has 0 bridgehead atoms. The molecule has 1 heterocycles. The average molecular weight is 220 g/mol. The van der Waals surface area contributed by atoms with Crippen molar-refractivity contribution < 1.29 is 4.42 Å². The highest BCUT2D eigenvalue weighted by Crippen LogP contribution is 2.45. The smallest absolute Gasteiger partial charge is 0.191 e. The van der Waals surface area contributed by atoms with E-state index >= 15 is 0 Å². The first-order valence-corrected chi connectivity index (χ1v) is 6.47. The molecule has 0 aliphatic heterocycles. The SMILES string of the molecule is Cc1nc(CN[C@@H]2CCC[C@@H]2C2CC2)co1. The molecule has 2 fully saturated rings. The summed E-state index contributed by atoms with van der Waals surface area (Å²) < 4.78 is 5.22. The fraction of sp³-hybridized carbons (Fsp3) is 0.769. The Bertz CT molecular complexity index is 357. The number of hydrogen-bond donors (Lipinski definition) is 1. The van der Waals surface area contributed by atoms with Crippen LogP contribution in [0.3, 0.4) is 0 Å². The maximum Gasteiger partial charge on any atom is 0.191 e. The lowest BCUT2D eigenvalue weighted by molar-refractivity contribution is 0.359. The van der Waals surface area contributed by atoms with Crippen molar-refractivity contribution in [3.05, 3.63) is 17.8 Å². The lowest BCUT2D eigenvalue weighted by Crippen LogP contribution is -2.32. The Labute approximate surface area is 96.6 Å². The van der Waals surface area contributed by atoms with Crippen molar-refractivity contribution in [1.82, 2.24) is 10.3 Å². The van der Waals surface area contributed by atoms with E-state index in [-0.39, 0.29) is 0 Å². The van der Waals surface area contributed by atoms with Gasteiger partial charge >= 0.3 is 0 Å². The molecule has 3 heteroatoms. The van der Waals surface area contributed by atoms with E-state index in [2.05, 4.69) is 10.3 Å². The first kappa shape index (κ1) is 10.3. The molecular formula is C13H20N2O. The van der Waals surface area contributed by atoms with Crippen molar-refractivity contribution in [2.45, 2.75) is 51.6 Å². The number of hydrogen-bond acceptors (Lipinski definition) is 3. The van der Waals surface area contributed by atoms with Crippen molar-refractivity contribution in [2.75, 3.05) is 0 Å². The van der Waals surface area contributed by atoms with E-state index in [1.165, 1.54) is 32.1 Å². The van der Waals surface area contributed by atoms with Gasteiger partial charge in [0.2, 0.25) is 0 Å². The van der Waals surface area contributed by atoms with Gasteiger partial charge in [0.15, 0.2) is 5.89 Å². The van der Waals surface area contributed by atoms with Crippen LogP contribution in [0.2, 0.25) is 0 Å². The van der Waals surface area contributed by atoms with Crippen LogP contribution in [-0.2, 0) is 6.54 Å². The van der Waals surface area contributed by atoms with Gasteiger partial charge in [-0.2, -0.15) is 0 Å². The van der Waals surface area contributed by atoms with Crippen LogP contribution in [0.4, 0.5) is 0 Å². The van der Waals surface area contributed by atoms with E-state index in [4.69, 9.17) is 4.42 Å². The van der Waals surface area contributed by atoms with Crippen LogP contribution in [0.1, 0.15) is 43.7 Å². The molecule has 2 saturated carbocycles. The maximum atomic E-state index is 5.22. The zero-order chi connectivity index (χ0) is 11.0. The van der Waals surface area contributed by atoms with Crippen LogP contribution >= 0.6 is 0 Å². The predicted octanol–water partition coefficient (Wildman–Crippen LogP) is 2.65. The van der Waals surface area contributed by atoms with E-state index in [0.717, 1.165) is 36.0 Å². The van der Waals surface area contributed by atoms with Crippen molar-refractivity contribution in [2.24, 2.45) is 11.8 Å². The molecule has 1 aromatic heterocycles. The molecule has 0 amide bonds. The second-order valence-electron chi connectivity index (χ2n) is 5.28. The molecule has 0 radical (unpaired) electrons. The van der Waals surface area contributed by atoms with Crippen molar-refractivity contribution in [1.29, 1.82) is 0 Å². The highest BCUT2D eigenvalue weighted by atomic mass is 16.3. The Morgan fingerprint density at radius 3 is 2.94 bits per heavy atom. The highest BCUT2D eigenvalue weighted by molar-refractivity contribution is 4.98. The molecule has 2 atom stereocenters. The summed E-state index contributed by atoms with van der Waals surface area (Å²) >= 11 is 0. The summed E-state index contributed by atoms with van der Waals surface area (Å²) in [6.45, 7) is 2.76. The molecule has 16 heavy (non-hydrogen) atoms.